The van der Waals surface area contributed by atoms with Gasteiger partial charge >= 0.3 is 5.97 Å². The molecule has 6 nitrogen and oxygen atoms in total. The van der Waals surface area contributed by atoms with Crippen LogP contribution < -0.4 is 4.74 Å². The summed E-state index contributed by atoms with van der Waals surface area (Å²) in [6.45, 7) is 3.44. The summed E-state index contributed by atoms with van der Waals surface area (Å²) in [4.78, 5) is 23.5. The largest absolute Gasteiger partial charge is 0.422 e. The zero-order chi connectivity index (χ0) is 17.1. The summed E-state index contributed by atoms with van der Waals surface area (Å²) in [5.41, 5.74) is 2.49. The molecule has 0 radical (unpaired) electrons. The lowest BCUT2D eigenvalue weighted by Gasteiger charge is -2.03. The first-order valence-electron chi connectivity index (χ1n) is 7.35. The molecule has 24 heavy (non-hydrogen) atoms. The summed E-state index contributed by atoms with van der Waals surface area (Å²) in [7, 11) is 0. The molecule has 0 saturated heterocycles. The highest BCUT2D eigenvalue weighted by atomic mass is 16.5. The molecule has 0 N–H and O–H groups in total. The van der Waals surface area contributed by atoms with Crippen molar-refractivity contribution in [1.82, 2.24) is 15.0 Å². The van der Waals surface area contributed by atoms with E-state index < -0.39 is 5.97 Å². The first-order chi connectivity index (χ1) is 11.5. The minimum absolute atomic E-state index is 0.0869. The Kier molecular flexibility index (Phi) is 4.20. The van der Waals surface area contributed by atoms with Gasteiger partial charge in [-0.2, -0.15) is 0 Å². The minimum Gasteiger partial charge on any atom is -0.422 e. The van der Waals surface area contributed by atoms with Gasteiger partial charge in [0.05, 0.1) is 11.9 Å². The maximum atomic E-state index is 12.2. The van der Waals surface area contributed by atoms with E-state index in [1.54, 1.807) is 18.2 Å². The number of benzene rings is 2. The van der Waals surface area contributed by atoms with Crippen LogP contribution in [0.5, 0.6) is 5.75 Å². The highest BCUT2D eigenvalue weighted by molar-refractivity contribution is 5.95. The third-order valence-electron chi connectivity index (χ3n) is 3.45. The molecule has 0 saturated carbocycles. The van der Waals surface area contributed by atoms with E-state index in [1.165, 1.54) is 23.9 Å². The first kappa shape index (κ1) is 15.6. The number of aryl methyl sites for hydroxylation is 1. The van der Waals surface area contributed by atoms with E-state index in [2.05, 4.69) is 10.3 Å². The molecule has 1 aromatic heterocycles. The molecule has 0 aliphatic heterocycles. The molecule has 6 heteroatoms. The van der Waals surface area contributed by atoms with Crippen molar-refractivity contribution in [2.45, 2.75) is 13.8 Å². The molecule has 2 aromatic carbocycles. The predicted octanol–water partition coefficient (Wildman–Crippen LogP) is 3.00. The number of hydrogen-bond acceptors (Lipinski definition) is 5. The van der Waals surface area contributed by atoms with E-state index in [4.69, 9.17) is 4.74 Å². The van der Waals surface area contributed by atoms with Gasteiger partial charge in [-0.3, -0.25) is 4.79 Å². The molecule has 3 rings (SSSR count). The summed E-state index contributed by atoms with van der Waals surface area (Å²) in [5.74, 6) is -0.440. The van der Waals surface area contributed by atoms with Crippen LogP contribution in [0.4, 0.5) is 0 Å². The molecule has 3 aromatic rings. The number of rotatable bonds is 4. The summed E-state index contributed by atoms with van der Waals surface area (Å²) in [6, 6.07) is 14.1. The third-order valence-corrected chi connectivity index (χ3v) is 3.45. The summed E-state index contributed by atoms with van der Waals surface area (Å²) >= 11 is 0. The van der Waals surface area contributed by atoms with Crippen LogP contribution >= 0.6 is 0 Å². The summed E-state index contributed by atoms with van der Waals surface area (Å²) in [5, 5.41) is 7.78. The fraction of sp³-hybridized carbons (Fsp3) is 0.111. The molecule has 120 valence electrons. The second-order valence-electron chi connectivity index (χ2n) is 5.36. The van der Waals surface area contributed by atoms with Gasteiger partial charge in [0.25, 0.3) is 0 Å². The lowest BCUT2D eigenvalue weighted by molar-refractivity contribution is 0.0727. The smallest absolute Gasteiger partial charge is 0.365 e. The van der Waals surface area contributed by atoms with Crippen molar-refractivity contribution in [1.29, 1.82) is 0 Å². The molecular formula is C18H15N3O3. The average molecular weight is 321 g/mol. The number of carbonyl (C=O) groups excluding carboxylic acids is 2. The van der Waals surface area contributed by atoms with E-state index in [-0.39, 0.29) is 17.2 Å². The fourth-order valence-corrected chi connectivity index (χ4v) is 2.12. The topological polar surface area (TPSA) is 74.1 Å². The van der Waals surface area contributed by atoms with Gasteiger partial charge in [-0.05, 0) is 38.1 Å². The molecule has 1 heterocycles. The molecule has 0 aliphatic carbocycles. The SMILES string of the molecule is CC(=O)c1cccc(OC(=O)c2cn(-c3ccc(C)cc3)nn2)c1. The minimum atomic E-state index is -0.630. The van der Waals surface area contributed by atoms with Gasteiger partial charge in [0.2, 0.25) is 0 Å². The van der Waals surface area contributed by atoms with Crippen LogP contribution in [0, 0.1) is 6.92 Å². The number of nitrogens with zero attached hydrogens (tertiary/aromatic N) is 3. The Labute approximate surface area is 138 Å². The van der Waals surface area contributed by atoms with Crippen molar-refractivity contribution in [3.8, 4) is 11.4 Å². The molecular weight excluding hydrogens is 306 g/mol. The van der Waals surface area contributed by atoms with Crippen LogP contribution in [0.3, 0.4) is 0 Å². The van der Waals surface area contributed by atoms with Crippen molar-refractivity contribution in [2.75, 3.05) is 0 Å². The normalized spacial score (nSPS) is 10.4. The van der Waals surface area contributed by atoms with E-state index in [1.807, 2.05) is 31.2 Å². The third kappa shape index (κ3) is 3.38. The van der Waals surface area contributed by atoms with Gasteiger partial charge in [-0.25, -0.2) is 9.48 Å². The van der Waals surface area contributed by atoms with Gasteiger partial charge < -0.3 is 4.74 Å². The lowest BCUT2D eigenvalue weighted by atomic mass is 10.1. The van der Waals surface area contributed by atoms with Gasteiger partial charge in [0, 0.05) is 5.56 Å². The molecule has 0 atom stereocenters. The number of ether oxygens (including phenoxy) is 1. The van der Waals surface area contributed by atoms with Crippen LogP contribution in [-0.2, 0) is 0 Å². The maximum absolute atomic E-state index is 12.2. The lowest BCUT2D eigenvalue weighted by Crippen LogP contribution is -2.09. The summed E-state index contributed by atoms with van der Waals surface area (Å²) < 4.78 is 6.75. The van der Waals surface area contributed by atoms with Crippen molar-refractivity contribution in [3.63, 3.8) is 0 Å². The standard InChI is InChI=1S/C18H15N3O3/c1-12-6-8-15(9-7-12)21-11-17(19-20-21)18(23)24-16-5-3-4-14(10-16)13(2)22/h3-11H,1-2H3. The predicted molar refractivity (Wildman–Crippen MR) is 87.5 cm³/mol. The Morgan fingerprint density at radius 3 is 2.54 bits per heavy atom. The highest BCUT2D eigenvalue weighted by Crippen LogP contribution is 2.16. The van der Waals surface area contributed by atoms with Crippen molar-refractivity contribution in [3.05, 3.63) is 71.5 Å². The van der Waals surface area contributed by atoms with Gasteiger partial charge in [0.15, 0.2) is 11.5 Å². The Balaban J connectivity index is 1.77. The Bertz CT molecular complexity index is 898. The Morgan fingerprint density at radius 1 is 1.08 bits per heavy atom. The van der Waals surface area contributed by atoms with Gasteiger partial charge in [-0.15, -0.1) is 5.10 Å². The number of ketones is 1. The van der Waals surface area contributed by atoms with E-state index in [0.29, 0.717) is 5.56 Å². The van der Waals surface area contributed by atoms with Crippen molar-refractivity contribution < 1.29 is 14.3 Å². The molecule has 0 fully saturated rings. The number of hydrogen-bond donors (Lipinski definition) is 0. The molecule has 0 aliphatic rings. The zero-order valence-corrected chi connectivity index (χ0v) is 13.3. The molecule has 0 bridgehead atoms. The monoisotopic (exact) mass is 321 g/mol. The number of aromatic nitrogens is 3. The van der Waals surface area contributed by atoms with Gasteiger partial charge in [0.1, 0.15) is 5.75 Å². The second kappa shape index (κ2) is 6.45. The number of esters is 1. The molecule has 0 amide bonds. The van der Waals surface area contributed by atoms with Crippen LogP contribution in [0.25, 0.3) is 5.69 Å². The van der Waals surface area contributed by atoms with Crippen LogP contribution in [-0.4, -0.2) is 26.7 Å². The second-order valence-corrected chi connectivity index (χ2v) is 5.36. The fourth-order valence-electron chi connectivity index (χ4n) is 2.12. The maximum Gasteiger partial charge on any atom is 0.365 e. The Morgan fingerprint density at radius 2 is 1.83 bits per heavy atom. The quantitative estimate of drug-likeness (QED) is 0.419. The highest BCUT2D eigenvalue weighted by Gasteiger charge is 2.14. The van der Waals surface area contributed by atoms with Gasteiger partial charge in [-0.1, -0.05) is 35.0 Å². The van der Waals surface area contributed by atoms with E-state index in [0.717, 1.165) is 11.3 Å². The molecule has 0 spiro atoms. The average Bonchev–Trinajstić information content (AvgIpc) is 3.06. The van der Waals surface area contributed by atoms with E-state index >= 15 is 0 Å². The van der Waals surface area contributed by atoms with Crippen molar-refractivity contribution >= 4 is 11.8 Å². The van der Waals surface area contributed by atoms with Crippen molar-refractivity contribution in [2.24, 2.45) is 0 Å². The van der Waals surface area contributed by atoms with Crippen LogP contribution in [0.2, 0.25) is 0 Å². The Hall–Kier alpha value is -3.28. The van der Waals surface area contributed by atoms with Crippen LogP contribution in [0.1, 0.15) is 33.3 Å². The summed E-state index contributed by atoms with van der Waals surface area (Å²) in [6.07, 6.45) is 1.50. The van der Waals surface area contributed by atoms with Crippen LogP contribution in [0.15, 0.2) is 54.7 Å². The van der Waals surface area contributed by atoms with E-state index in [9.17, 15) is 9.59 Å². The first-order valence-corrected chi connectivity index (χ1v) is 7.35. The number of carbonyl (C=O) groups is 2. The molecule has 0 unspecified atom stereocenters. The zero-order valence-electron chi connectivity index (χ0n) is 13.3. The number of Topliss-reactive ketones (excluding diaryl/α,β-unsaturated/α-hetero) is 1.